The number of hydrogen-bond acceptors (Lipinski definition) is 3. The van der Waals surface area contributed by atoms with E-state index in [1.807, 2.05) is 0 Å². The molecule has 0 aliphatic rings. The SMILES string of the molecule is Cc1cc(C(=O)NNC(=O)Nc2ccc(Cl)cc2)c(C)o1. The summed E-state index contributed by atoms with van der Waals surface area (Å²) in [7, 11) is 0. The van der Waals surface area contributed by atoms with Crippen molar-refractivity contribution in [2.24, 2.45) is 0 Å². The summed E-state index contributed by atoms with van der Waals surface area (Å²) in [5, 5.41) is 3.12. The van der Waals surface area contributed by atoms with Crippen LogP contribution in [0.5, 0.6) is 0 Å². The number of hydrazine groups is 1. The Bertz CT molecular complexity index is 665. The topological polar surface area (TPSA) is 83.4 Å². The van der Waals surface area contributed by atoms with E-state index in [-0.39, 0.29) is 0 Å². The van der Waals surface area contributed by atoms with Gasteiger partial charge in [-0.3, -0.25) is 10.2 Å². The molecular weight excluding hydrogens is 294 g/mol. The number of carbonyl (C=O) groups is 2. The highest BCUT2D eigenvalue weighted by Crippen LogP contribution is 2.14. The number of furan rings is 1. The first-order chi connectivity index (χ1) is 9.95. The van der Waals surface area contributed by atoms with Gasteiger partial charge in [-0.15, -0.1) is 0 Å². The molecule has 0 aliphatic carbocycles. The smallest absolute Gasteiger partial charge is 0.337 e. The third-order valence-electron chi connectivity index (χ3n) is 2.68. The molecule has 21 heavy (non-hydrogen) atoms. The minimum atomic E-state index is -0.566. The predicted molar refractivity (Wildman–Crippen MR) is 79.3 cm³/mol. The summed E-state index contributed by atoms with van der Waals surface area (Å²) in [6.07, 6.45) is 0. The first-order valence-corrected chi connectivity index (χ1v) is 6.53. The van der Waals surface area contributed by atoms with E-state index in [4.69, 9.17) is 16.0 Å². The molecule has 0 saturated carbocycles. The van der Waals surface area contributed by atoms with Crippen LogP contribution in [0.2, 0.25) is 5.02 Å². The fraction of sp³-hybridized carbons (Fsp3) is 0.143. The highest BCUT2D eigenvalue weighted by molar-refractivity contribution is 6.30. The largest absolute Gasteiger partial charge is 0.466 e. The van der Waals surface area contributed by atoms with Gasteiger partial charge >= 0.3 is 6.03 Å². The average Bonchev–Trinajstić information content (AvgIpc) is 2.78. The highest BCUT2D eigenvalue weighted by atomic mass is 35.5. The Hall–Kier alpha value is -2.47. The summed E-state index contributed by atoms with van der Waals surface area (Å²) in [5.74, 6) is 0.670. The molecule has 6 nitrogen and oxygen atoms in total. The zero-order valence-corrected chi connectivity index (χ0v) is 12.2. The van der Waals surface area contributed by atoms with E-state index < -0.39 is 11.9 Å². The summed E-state index contributed by atoms with van der Waals surface area (Å²) in [4.78, 5) is 23.5. The van der Waals surface area contributed by atoms with E-state index in [1.165, 1.54) is 0 Å². The Morgan fingerprint density at radius 3 is 2.33 bits per heavy atom. The summed E-state index contributed by atoms with van der Waals surface area (Å²) in [5.41, 5.74) is 5.49. The second kappa shape index (κ2) is 6.32. The number of anilines is 1. The van der Waals surface area contributed by atoms with Crippen molar-refractivity contribution >= 4 is 29.2 Å². The molecule has 1 aromatic heterocycles. The van der Waals surface area contributed by atoms with Crippen LogP contribution in [0.15, 0.2) is 34.7 Å². The second-order valence-electron chi connectivity index (χ2n) is 4.37. The van der Waals surface area contributed by atoms with Gasteiger partial charge in [0.15, 0.2) is 0 Å². The van der Waals surface area contributed by atoms with Crippen LogP contribution in [0.25, 0.3) is 0 Å². The molecular formula is C14H14ClN3O3. The van der Waals surface area contributed by atoms with Crippen molar-refractivity contribution in [3.05, 3.63) is 52.4 Å². The van der Waals surface area contributed by atoms with Crippen LogP contribution in [-0.4, -0.2) is 11.9 Å². The molecule has 1 heterocycles. The van der Waals surface area contributed by atoms with Crippen LogP contribution >= 0.6 is 11.6 Å². The number of nitrogens with one attached hydrogen (secondary N) is 3. The molecule has 0 bridgehead atoms. The van der Waals surface area contributed by atoms with Gasteiger partial charge in [-0.2, -0.15) is 0 Å². The Morgan fingerprint density at radius 1 is 1.10 bits per heavy atom. The summed E-state index contributed by atoms with van der Waals surface area (Å²) >= 11 is 5.74. The lowest BCUT2D eigenvalue weighted by Crippen LogP contribution is -2.44. The Morgan fingerprint density at radius 2 is 1.76 bits per heavy atom. The normalized spacial score (nSPS) is 10.0. The van der Waals surface area contributed by atoms with Crippen LogP contribution < -0.4 is 16.2 Å². The fourth-order valence-corrected chi connectivity index (χ4v) is 1.86. The molecule has 0 saturated heterocycles. The molecule has 0 aliphatic heterocycles. The van der Waals surface area contributed by atoms with Crippen molar-refractivity contribution in [2.45, 2.75) is 13.8 Å². The number of amides is 3. The van der Waals surface area contributed by atoms with Crippen LogP contribution in [0.3, 0.4) is 0 Å². The minimum absolute atomic E-state index is 0.374. The van der Waals surface area contributed by atoms with Crippen molar-refractivity contribution in [2.75, 3.05) is 5.32 Å². The van der Waals surface area contributed by atoms with Gasteiger partial charge in [0.2, 0.25) is 0 Å². The molecule has 2 aromatic rings. The van der Waals surface area contributed by atoms with Crippen LogP contribution in [0, 0.1) is 13.8 Å². The number of aryl methyl sites for hydroxylation is 2. The number of halogens is 1. The fourth-order valence-electron chi connectivity index (χ4n) is 1.73. The van der Waals surface area contributed by atoms with E-state index >= 15 is 0 Å². The third kappa shape index (κ3) is 4.00. The van der Waals surface area contributed by atoms with E-state index in [9.17, 15) is 9.59 Å². The maximum atomic E-state index is 11.8. The van der Waals surface area contributed by atoms with Crippen molar-refractivity contribution in [1.29, 1.82) is 0 Å². The lowest BCUT2D eigenvalue weighted by molar-refractivity contribution is 0.0936. The van der Waals surface area contributed by atoms with Gasteiger partial charge in [-0.1, -0.05) is 11.6 Å². The van der Waals surface area contributed by atoms with Gasteiger partial charge in [-0.25, -0.2) is 10.2 Å². The van der Waals surface area contributed by atoms with Crippen LogP contribution in [-0.2, 0) is 0 Å². The van der Waals surface area contributed by atoms with Crippen molar-refractivity contribution in [1.82, 2.24) is 10.9 Å². The van der Waals surface area contributed by atoms with E-state index in [0.717, 1.165) is 0 Å². The molecule has 0 fully saturated rings. The average molecular weight is 308 g/mol. The monoisotopic (exact) mass is 307 g/mol. The molecule has 7 heteroatoms. The summed E-state index contributed by atoms with van der Waals surface area (Å²) in [6, 6.07) is 7.62. The first-order valence-electron chi connectivity index (χ1n) is 6.15. The summed E-state index contributed by atoms with van der Waals surface area (Å²) < 4.78 is 5.25. The molecule has 0 radical (unpaired) electrons. The van der Waals surface area contributed by atoms with Crippen LogP contribution in [0.1, 0.15) is 21.9 Å². The number of benzene rings is 1. The number of hydrogen-bond donors (Lipinski definition) is 3. The highest BCUT2D eigenvalue weighted by Gasteiger charge is 2.13. The number of carbonyl (C=O) groups excluding carboxylic acids is 2. The molecule has 0 atom stereocenters. The molecule has 1 aromatic carbocycles. The Balaban J connectivity index is 1.88. The Labute approximate surface area is 126 Å². The lowest BCUT2D eigenvalue weighted by Gasteiger charge is -2.08. The Kier molecular flexibility index (Phi) is 4.49. The molecule has 110 valence electrons. The van der Waals surface area contributed by atoms with E-state index in [1.54, 1.807) is 44.2 Å². The zero-order chi connectivity index (χ0) is 15.4. The maximum absolute atomic E-state index is 11.8. The number of rotatable bonds is 2. The molecule has 2 rings (SSSR count). The number of urea groups is 1. The quantitative estimate of drug-likeness (QED) is 0.746. The van der Waals surface area contributed by atoms with E-state index in [2.05, 4.69) is 16.2 Å². The first kappa shape index (κ1) is 14.9. The molecule has 3 N–H and O–H groups in total. The van der Waals surface area contributed by atoms with Crippen molar-refractivity contribution in [3.8, 4) is 0 Å². The predicted octanol–water partition coefficient (Wildman–Crippen LogP) is 3.02. The third-order valence-corrected chi connectivity index (χ3v) is 2.93. The molecule has 3 amide bonds. The van der Waals surface area contributed by atoms with Gasteiger partial charge in [0, 0.05) is 10.7 Å². The van der Waals surface area contributed by atoms with Gasteiger partial charge in [0.05, 0.1) is 5.56 Å². The van der Waals surface area contributed by atoms with Gasteiger partial charge in [0.1, 0.15) is 11.5 Å². The van der Waals surface area contributed by atoms with Gasteiger partial charge in [0.25, 0.3) is 5.91 Å². The standard InChI is InChI=1S/C14H14ClN3O3/c1-8-7-12(9(2)21-8)13(19)17-18-14(20)16-11-5-3-10(15)4-6-11/h3-7H,1-2H3,(H,17,19)(H2,16,18,20). The lowest BCUT2D eigenvalue weighted by atomic mass is 10.2. The van der Waals surface area contributed by atoms with Crippen molar-refractivity contribution in [3.63, 3.8) is 0 Å². The van der Waals surface area contributed by atoms with Crippen molar-refractivity contribution < 1.29 is 14.0 Å². The van der Waals surface area contributed by atoms with E-state index in [0.29, 0.717) is 27.8 Å². The van der Waals surface area contributed by atoms with Gasteiger partial charge in [-0.05, 0) is 44.2 Å². The zero-order valence-electron chi connectivity index (χ0n) is 11.5. The maximum Gasteiger partial charge on any atom is 0.337 e. The molecule has 0 spiro atoms. The van der Waals surface area contributed by atoms with Crippen LogP contribution in [0.4, 0.5) is 10.5 Å². The minimum Gasteiger partial charge on any atom is -0.466 e. The molecule has 0 unspecified atom stereocenters. The summed E-state index contributed by atoms with van der Waals surface area (Å²) in [6.45, 7) is 3.42. The van der Waals surface area contributed by atoms with Gasteiger partial charge < -0.3 is 9.73 Å². The second-order valence-corrected chi connectivity index (χ2v) is 4.80.